The molecule has 0 aliphatic heterocycles. The van der Waals surface area contributed by atoms with Gasteiger partial charge in [-0.3, -0.25) is 0 Å². The number of methoxy groups -OCH3 is 2. The van der Waals surface area contributed by atoms with E-state index in [9.17, 15) is 0 Å². The molecule has 0 N–H and O–H groups in total. The topological polar surface area (TPSA) is 27.7 Å². The molecule has 15 heavy (non-hydrogen) atoms. The Morgan fingerprint density at radius 1 is 1.33 bits per heavy atom. The summed E-state index contributed by atoms with van der Waals surface area (Å²) in [5.74, 6) is 0.832. The van der Waals surface area contributed by atoms with E-state index in [0.717, 1.165) is 14.9 Å². The van der Waals surface area contributed by atoms with Gasteiger partial charge in [0, 0.05) is 14.2 Å². The van der Waals surface area contributed by atoms with Crippen LogP contribution in [-0.4, -0.2) is 21.0 Å². The smallest absolute Gasteiger partial charge is 0.188 e. The van der Waals surface area contributed by atoms with Crippen LogP contribution in [0.5, 0.6) is 5.75 Å². The van der Waals surface area contributed by atoms with E-state index in [-0.39, 0.29) is 12.9 Å². The van der Waals surface area contributed by atoms with Crippen LogP contribution in [0.25, 0.3) is 0 Å². The van der Waals surface area contributed by atoms with Crippen molar-refractivity contribution in [2.75, 3.05) is 21.0 Å². The summed E-state index contributed by atoms with van der Waals surface area (Å²) in [6.07, 6.45) is 0.0722. The number of ether oxygens (including phenoxy) is 3. The van der Waals surface area contributed by atoms with Gasteiger partial charge in [0.15, 0.2) is 6.79 Å². The van der Waals surface area contributed by atoms with E-state index >= 15 is 0 Å². The highest BCUT2D eigenvalue weighted by molar-refractivity contribution is 14.1. The van der Waals surface area contributed by atoms with Crippen molar-refractivity contribution in [2.24, 2.45) is 0 Å². The van der Waals surface area contributed by atoms with E-state index in [1.807, 2.05) is 25.1 Å². The molecule has 1 rings (SSSR count). The number of benzene rings is 1. The lowest BCUT2D eigenvalue weighted by Crippen LogP contribution is -2.04. The summed E-state index contributed by atoms with van der Waals surface area (Å²) < 4.78 is 16.7. The van der Waals surface area contributed by atoms with E-state index in [1.165, 1.54) is 0 Å². The summed E-state index contributed by atoms with van der Waals surface area (Å²) in [6, 6.07) is 5.92. The molecule has 0 saturated carbocycles. The molecule has 4 heteroatoms. The lowest BCUT2D eigenvalue weighted by molar-refractivity contribution is 0.0500. The maximum Gasteiger partial charge on any atom is 0.188 e. The molecule has 0 amide bonds. The quantitative estimate of drug-likeness (QED) is 0.616. The fourth-order valence-electron chi connectivity index (χ4n) is 1.20. The molecule has 3 nitrogen and oxygen atoms in total. The monoisotopic (exact) mass is 322 g/mol. The second-order valence-electron chi connectivity index (χ2n) is 3.09. The minimum absolute atomic E-state index is 0.0722. The Bertz CT molecular complexity index is 315. The Balaban J connectivity index is 2.90. The molecule has 0 saturated heterocycles. The number of halogens is 1. The van der Waals surface area contributed by atoms with Crippen LogP contribution in [0.4, 0.5) is 0 Å². The zero-order valence-corrected chi connectivity index (χ0v) is 11.3. The molecule has 1 aromatic rings. The minimum Gasteiger partial charge on any atom is -0.466 e. The lowest BCUT2D eigenvalue weighted by atomic mass is 10.1. The third kappa shape index (κ3) is 3.32. The molecule has 0 fully saturated rings. The van der Waals surface area contributed by atoms with Crippen molar-refractivity contribution in [2.45, 2.75) is 13.0 Å². The predicted octanol–water partition coefficient (Wildman–Crippen LogP) is 2.98. The first-order chi connectivity index (χ1) is 7.20. The van der Waals surface area contributed by atoms with E-state index in [4.69, 9.17) is 14.2 Å². The summed E-state index contributed by atoms with van der Waals surface area (Å²) in [7, 11) is 3.30. The normalized spacial score (nSPS) is 12.5. The van der Waals surface area contributed by atoms with Gasteiger partial charge in [0.25, 0.3) is 0 Å². The molecule has 0 aromatic heterocycles. The highest BCUT2D eigenvalue weighted by Crippen LogP contribution is 2.29. The standard InChI is InChI=1S/C11H15IO3/c1-8(14-3)9-5-4-6-10(11(9)12)15-7-13-2/h4-6,8H,7H2,1-3H3. The fraction of sp³-hybridized carbons (Fsp3) is 0.455. The lowest BCUT2D eigenvalue weighted by Gasteiger charge is -2.15. The zero-order valence-electron chi connectivity index (χ0n) is 9.12. The average molecular weight is 322 g/mol. The fourth-order valence-corrected chi connectivity index (χ4v) is 2.16. The third-order valence-electron chi connectivity index (χ3n) is 2.12. The summed E-state index contributed by atoms with van der Waals surface area (Å²) in [4.78, 5) is 0. The first-order valence-electron chi connectivity index (χ1n) is 4.63. The minimum atomic E-state index is 0.0722. The SMILES string of the molecule is COCOc1cccc(C(C)OC)c1I. The van der Waals surface area contributed by atoms with Gasteiger partial charge in [-0.15, -0.1) is 0 Å². The molecule has 0 aliphatic rings. The molecule has 1 aromatic carbocycles. The van der Waals surface area contributed by atoms with E-state index in [1.54, 1.807) is 14.2 Å². The van der Waals surface area contributed by atoms with E-state index < -0.39 is 0 Å². The Hall–Kier alpha value is -0.330. The molecule has 0 radical (unpaired) electrons. The summed E-state index contributed by atoms with van der Waals surface area (Å²) >= 11 is 2.26. The second kappa shape index (κ2) is 6.30. The highest BCUT2D eigenvalue weighted by atomic mass is 127. The van der Waals surface area contributed by atoms with Crippen molar-refractivity contribution >= 4 is 22.6 Å². The molecule has 0 heterocycles. The van der Waals surface area contributed by atoms with Crippen molar-refractivity contribution in [3.05, 3.63) is 27.3 Å². The van der Waals surface area contributed by atoms with Crippen molar-refractivity contribution < 1.29 is 14.2 Å². The molecular weight excluding hydrogens is 307 g/mol. The maximum atomic E-state index is 5.44. The maximum absolute atomic E-state index is 5.44. The average Bonchev–Trinajstić information content (AvgIpc) is 2.27. The third-order valence-corrected chi connectivity index (χ3v) is 3.27. The predicted molar refractivity (Wildman–Crippen MR) is 67.1 cm³/mol. The van der Waals surface area contributed by atoms with Gasteiger partial charge in [0.05, 0.1) is 9.67 Å². The Morgan fingerprint density at radius 2 is 2.07 bits per heavy atom. The van der Waals surface area contributed by atoms with Gasteiger partial charge >= 0.3 is 0 Å². The first kappa shape index (κ1) is 12.7. The van der Waals surface area contributed by atoms with Gasteiger partial charge in [-0.1, -0.05) is 12.1 Å². The van der Waals surface area contributed by atoms with Crippen LogP contribution in [0.3, 0.4) is 0 Å². The molecule has 0 spiro atoms. The van der Waals surface area contributed by atoms with Crippen LogP contribution in [0, 0.1) is 3.57 Å². The van der Waals surface area contributed by atoms with Crippen molar-refractivity contribution in [3.63, 3.8) is 0 Å². The highest BCUT2D eigenvalue weighted by Gasteiger charge is 2.11. The molecule has 1 unspecified atom stereocenters. The van der Waals surface area contributed by atoms with E-state index in [2.05, 4.69) is 22.6 Å². The van der Waals surface area contributed by atoms with Crippen molar-refractivity contribution in [1.29, 1.82) is 0 Å². The Morgan fingerprint density at radius 3 is 2.67 bits per heavy atom. The van der Waals surface area contributed by atoms with Crippen LogP contribution in [-0.2, 0) is 9.47 Å². The largest absolute Gasteiger partial charge is 0.466 e. The van der Waals surface area contributed by atoms with Crippen LogP contribution in [0.2, 0.25) is 0 Å². The first-order valence-corrected chi connectivity index (χ1v) is 5.71. The number of hydrogen-bond donors (Lipinski definition) is 0. The van der Waals surface area contributed by atoms with Crippen molar-refractivity contribution in [1.82, 2.24) is 0 Å². The van der Waals surface area contributed by atoms with Gasteiger partial charge < -0.3 is 14.2 Å². The van der Waals surface area contributed by atoms with Crippen LogP contribution in [0.15, 0.2) is 18.2 Å². The van der Waals surface area contributed by atoms with Crippen molar-refractivity contribution in [3.8, 4) is 5.75 Å². The molecule has 1 atom stereocenters. The van der Waals surface area contributed by atoms with Gasteiger partial charge in [-0.2, -0.15) is 0 Å². The molecule has 0 bridgehead atoms. The van der Waals surface area contributed by atoms with Gasteiger partial charge in [0.1, 0.15) is 5.75 Å². The molecule has 0 aliphatic carbocycles. The summed E-state index contributed by atoms with van der Waals surface area (Å²) in [6.45, 7) is 2.28. The van der Waals surface area contributed by atoms with Crippen LogP contribution < -0.4 is 4.74 Å². The Kier molecular flexibility index (Phi) is 5.35. The second-order valence-corrected chi connectivity index (χ2v) is 4.17. The van der Waals surface area contributed by atoms with Crippen LogP contribution >= 0.6 is 22.6 Å². The molecular formula is C11H15IO3. The number of hydrogen-bond acceptors (Lipinski definition) is 3. The Labute approximate surface area is 104 Å². The summed E-state index contributed by atoms with van der Waals surface area (Å²) in [5, 5.41) is 0. The number of rotatable bonds is 5. The molecule has 84 valence electrons. The zero-order chi connectivity index (χ0) is 11.3. The summed E-state index contributed by atoms with van der Waals surface area (Å²) in [5.41, 5.74) is 1.13. The van der Waals surface area contributed by atoms with Gasteiger partial charge in [-0.25, -0.2) is 0 Å². The van der Waals surface area contributed by atoms with Gasteiger partial charge in [0.2, 0.25) is 0 Å². The van der Waals surface area contributed by atoms with Gasteiger partial charge in [-0.05, 0) is 41.1 Å². The van der Waals surface area contributed by atoms with E-state index in [0.29, 0.717) is 0 Å². The van der Waals surface area contributed by atoms with Crippen LogP contribution in [0.1, 0.15) is 18.6 Å².